The number of amides is 3. The van der Waals surface area contributed by atoms with E-state index in [1.807, 2.05) is 37.3 Å². The molecule has 7 aromatic rings. The molecular formula is C61H66N17O11S5+. The minimum absolute atomic E-state index is 0.0479. The third-order valence-corrected chi connectivity index (χ3v) is 20.1. The Morgan fingerprint density at radius 1 is 0.766 bits per heavy atom. The highest BCUT2D eigenvalue weighted by Gasteiger charge is 2.50. The Labute approximate surface area is 553 Å². The number of aromatic nitrogens is 5. The summed E-state index contributed by atoms with van der Waals surface area (Å²) in [5.74, 6) is -0.797. The van der Waals surface area contributed by atoms with Gasteiger partial charge in [0.05, 0.1) is 51.3 Å². The van der Waals surface area contributed by atoms with Crippen LogP contribution in [0.3, 0.4) is 0 Å². The third-order valence-electron chi connectivity index (χ3n) is 15.8. The number of azo groups is 2. The minimum atomic E-state index is -4.58. The number of quaternary nitrogens is 1. The van der Waals surface area contributed by atoms with Crippen LogP contribution in [-0.2, 0) is 44.2 Å². The number of nitrogens with zero attached hydrogens (tertiary/aromatic N) is 13. The van der Waals surface area contributed by atoms with E-state index >= 15 is 0 Å². The highest BCUT2D eigenvalue weighted by molar-refractivity contribution is 7.99. The van der Waals surface area contributed by atoms with E-state index in [2.05, 4.69) is 60.0 Å². The molecule has 2 saturated heterocycles. The normalized spacial score (nSPS) is 16.2. The highest BCUT2D eigenvalue weighted by atomic mass is 32.2. The maximum absolute atomic E-state index is 14.5. The van der Waals surface area contributed by atoms with Crippen LogP contribution in [-0.4, -0.2) is 139 Å². The number of ketones is 1. The van der Waals surface area contributed by atoms with Crippen molar-refractivity contribution >= 4 is 170 Å². The Balaban J connectivity index is 0.913. The van der Waals surface area contributed by atoms with Crippen LogP contribution in [0.2, 0.25) is 0 Å². The first-order valence-electron chi connectivity index (χ1n) is 30.2. The van der Waals surface area contributed by atoms with Gasteiger partial charge in [-0.15, -0.1) is 20.5 Å². The van der Waals surface area contributed by atoms with Crippen molar-refractivity contribution in [1.82, 2.24) is 29.4 Å². The molecule has 0 unspecified atom stereocenters. The van der Waals surface area contributed by atoms with Gasteiger partial charge in [0.25, 0.3) is 37.9 Å². The van der Waals surface area contributed by atoms with Crippen molar-refractivity contribution in [2.24, 2.45) is 20.5 Å². The van der Waals surface area contributed by atoms with Gasteiger partial charge in [0.2, 0.25) is 22.2 Å². The van der Waals surface area contributed by atoms with Crippen molar-refractivity contribution in [1.29, 1.82) is 0 Å². The van der Waals surface area contributed by atoms with Gasteiger partial charge < -0.3 is 40.7 Å². The quantitative estimate of drug-likeness (QED) is 0.0109. The molecule has 28 nitrogen and oxygen atoms in total. The second kappa shape index (κ2) is 28.8. The summed E-state index contributed by atoms with van der Waals surface area (Å²) in [7, 11) is -9.15. The number of ether oxygens (including phenoxy) is 1. The zero-order valence-corrected chi connectivity index (χ0v) is 55.6. The van der Waals surface area contributed by atoms with E-state index in [0.717, 1.165) is 71.9 Å². The number of piperidine rings is 2. The average Bonchev–Trinajstić information content (AvgIpc) is 1.44. The van der Waals surface area contributed by atoms with Gasteiger partial charge >= 0.3 is 5.91 Å². The van der Waals surface area contributed by atoms with E-state index < -0.39 is 53.5 Å². The number of carbonyl (C=O) groups is 4. The molecule has 1 spiro atoms. The lowest BCUT2D eigenvalue weighted by Gasteiger charge is -2.38. The zero-order chi connectivity index (χ0) is 66.3. The molecule has 4 aliphatic heterocycles. The number of rotatable bonds is 19. The first kappa shape index (κ1) is 66.6. The summed E-state index contributed by atoms with van der Waals surface area (Å²) in [6, 6.07) is 21.4. The Morgan fingerprint density at radius 2 is 1.44 bits per heavy atom. The van der Waals surface area contributed by atoms with Crippen LogP contribution < -0.4 is 40.4 Å². The lowest BCUT2D eigenvalue weighted by Crippen LogP contribution is -2.60. The van der Waals surface area contributed by atoms with Gasteiger partial charge in [-0.3, -0.25) is 23.5 Å². The molecule has 4 bridgehead atoms. The maximum Gasteiger partial charge on any atom is 0.357 e. The van der Waals surface area contributed by atoms with Crippen LogP contribution in [0.25, 0.3) is 12.2 Å². The number of thioether (sulfide) groups is 1. The molecule has 7 heterocycles. The Morgan fingerprint density at radius 3 is 2.12 bits per heavy atom. The monoisotopic (exact) mass is 1370 g/mol. The smallest absolute Gasteiger partial charge is 0.357 e. The molecule has 11 rings (SSSR count). The fraction of sp³-hybridized carbons (Fsp3) is 0.328. The van der Waals surface area contributed by atoms with E-state index in [9.17, 15) is 45.1 Å². The number of Topliss-reactive ketones (excluding diaryl/α,β-unsaturated/α-hetero) is 1. The van der Waals surface area contributed by atoms with E-state index in [-0.39, 0.29) is 55.9 Å². The average molecular weight is 1370 g/mol. The summed E-state index contributed by atoms with van der Waals surface area (Å²) in [4.78, 5) is 86.2. The summed E-state index contributed by atoms with van der Waals surface area (Å²) >= 11 is 3.64. The Hall–Kier alpha value is -8.80. The van der Waals surface area contributed by atoms with E-state index in [0.29, 0.717) is 120 Å². The molecule has 0 saturated carbocycles. The van der Waals surface area contributed by atoms with Crippen molar-refractivity contribution < 1.29 is 49.9 Å². The molecule has 0 atom stereocenters. The summed E-state index contributed by atoms with van der Waals surface area (Å²) < 4.78 is 72.8. The van der Waals surface area contributed by atoms with Crippen LogP contribution in [0.1, 0.15) is 76.0 Å². The van der Waals surface area contributed by atoms with Crippen molar-refractivity contribution in [3.63, 3.8) is 0 Å². The molecule has 490 valence electrons. The first-order chi connectivity index (χ1) is 45.2. The van der Waals surface area contributed by atoms with Crippen LogP contribution in [0.5, 0.6) is 0 Å². The fourth-order valence-electron chi connectivity index (χ4n) is 11.1. The van der Waals surface area contributed by atoms with Gasteiger partial charge in [-0.2, -0.15) is 41.8 Å². The molecule has 94 heavy (non-hydrogen) atoms. The predicted octanol–water partition coefficient (Wildman–Crippen LogP) is 12.0. The number of anilines is 9. The zero-order valence-electron chi connectivity index (χ0n) is 51.5. The molecule has 3 aromatic heterocycles. The summed E-state index contributed by atoms with van der Waals surface area (Å²) in [5.41, 5.74) is 3.12. The molecule has 2 fully saturated rings. The number of hydrogen-bond acceptors (Lipinski definition) is 26. The number of thiazole rings is 2. The second-order valence-electron chi connectivity index (χ2n) is 22.0. The van der Waals surface area contributed by atoms with Gasteiger partial charge in [0.15, 0.2) is 10.9 Å². The van der Waals surface area contributed by atoms with Crippen molar-refractivity contribution in [2.75, 3.05) is 101 Å². The minimum Gasteiger partial charge on any atom is -0.372 e. The molecule has 3 amide bonds. The summed E-state index contributed by atoms with van der Waals surface area (Å²) in [6.07, 6.45) is 8.02. The lowest BCUT2D eigenvalue weighted by molar-refractivity contribution is -0.129. The van der Waals surface area contributed by atoms with E-state index in [4.69, 9.17) is 39.9 Å². The Kier molecular flexibility index (Phi) is 20.4. The van der Waals surface area contributed by atoms with Crippen molar-refractivity contribution in [2.45, 2.75) is 81.2 Å². The molecular weight excluding hydrogens is 1310 g/mol. The van der Waals surface area contributed by atoms with Crippen LogP contribution >= 0.6 is 34.4 Å². The number of hydrogen-bond donors (Lipinski definition) is 6. The third kappa shape index (κ3) is 15.4. The van der Waals surface area contributed by atoms with E-state index in [1.165, 1.54) is 67.2 Å². The van der Waals surface area contributed by atoms with Gasteiger partial charge in [-0.1, -0.05) is 46.6 Å². The molecule has 0 aliphatic carbocycles. The standard InChI is InChI=1S/C61H65N17O11S5/c1-5-75(6-2)40-20-22-46(71-73-60-66-52(77-24-10-8-11-25-77)50(91-60)34-44(37(4)79)54(80)62-38-16-14-18-42(30-38)93(83,84)85)48(32-40)64-57-68-58-65-49-33-41(76(7-3)36-89-28-29-90-59(69-57)70-58)21-23-47(49)72-74-61-67-53-51(92-61)35-45(56(82)78(53)26-12-9-13-27-78)55(81)63-39-17-15-19-43(31-39)94(86,87)88/h14-23,30-35H,5-13,24-29,36H2,1-4H3,(H5-,62,63,64,65,66,67,68,69,70,73,74,79,80,81,82,83,84,85,86,87,88)/p+1. The fourth-order valence-corrected chi connectivity index (χ4v) is 14.6. The SMILES string of the molecule is CCN(CC)c1ccc(N=Nc2nc(N3CCCCC3)c(C=C(C(C)=O)C(=O)Nc3cccc(S(=O)(=O)O)c3)s2)c(Nc2nc3nc(n2)SCCOCN(CC)c2ccc(N=Nc4nc5c(s4)C=C(C(=O)Nc4cccc(S(=O)(=O)O)c4)C(=O)[N+]54CCCCC4)c(c2)N3)c1. The van der Waals surface area contributed by atoms with Crippen molar-refractivity contribution in [3.8, 4) is 0 Å². The molecule has 0 radical (unpaired) electrons. The maximum atomic E-state index is 14.5. The van der Waals surface area contributed by atoms with Gasteiger partial charge in [-0.05, 0) is 151 Å². The summed E-state index contributed by atoms with van der Waals surface area (Å²) in [6.45, 7) is 12.1. The number of fused-ring (bicyclic) bond motifs is 6. The predicted molar refractivity (Wildman–Crippen MR) is 363 cm³/mol. The topological polar surface area (TPSA) is 358 Å². The number of carbonyl (C=O) groups excluding carboxylic acids is 4. The first-order valence-corrected chi connectivity index (χ1v) is 35.7. The summed E-state index contributed by atoms with van der Waals surface area (Å²) in [5, 5.41) is 31.6. The van der Waals surface area contributed by atoms with Crippen LogP contribution in [0.4, 0.5) is 79.3 Å². The molecule has 4 aromatic carbocycles. The number of nitrogens with one attached hydrogen (secondary N) is 4. The van der Waals surface area contributed by atoms with Gasteiger partial charge in [-0.25, -0.2) is 9.28 Å². The van der Waals surface area contributed by atoms with Crippen LogP contribution in [0.15, 0.2) is 131 Å². The molecule has 4 aliphatic rings. The Bertz CT molecular complexity index is 4450. The molecule has 6 N–H and O–H groups in total. The number of benzene rings is 4. The largest absolute Gasteiger partial charge is 0.372 e. The van der Waals surface area contributed by atoms with E-state index in [1.54, 1.807) is 6.07 Å². The van der Waals surface area contributed by atoms with Gasteiger partial charge in [0, 0.05) is 61.2 Å². The highest BCUT2D eigenvalue weighted by Crippen LogP contribution is 2.45. The lowest BCUT2D eigenvalue weighted by atomic mass is 10.00. The second-order valence-corrected chi connectivity index (χ2v) is 27.9. The van der Waals surface area contributed by atoms with Crippen molar-refractivity contribution in [3.05, 3.63) is 106 Å². The molecule has 33 heteroatoms. The van der Waals surface area contributed by atoms with Crippen LogP contribution in [0, 0.1) is 0 Å². The van der Waals surface area contributed by atoms with Gasteiger partial charge in [0.1, 0.15) is 34.4 Å².